The molecule has 0 aliphatic rings. The Morgan fingerprint density at radius 3 is 2.67 bits per heavy atom. The number of carboxylic acids is 1. The lowest BCUT2D eigenvalue weighted by atomic mass is 10.2. The number of amides is 1. The van der Waals surface area contributed by atoms with Gasteiger partial charge in [0, 0.05) is 13.0 Å². The highest BCUT2D eigenvalue weighted by Crippen LogP contribution is 1.93. The first-order chi connectivity index (χ1) is 5.59. The number of carbonyl (C=O) groups is 2. The minimum absolute atomic E-state index is 0.326. The summed E-state index contributed by atoms with van der Waals surface area (Å²) < 4.78 is 0. The molecule has 12 heavy (non-hydrogen) atoms. The maximum absolute atomic E-state index is 10.9. The van der Waals surface area contributed by atoms with Gasteiger partial charge in [-0.2, -0.15) is 0 Å². The number of carboxylic acid groups (broad SMARTS) is 1. The van der Waals surface area contributed by atoms with Crippen molar-refractivity contribution in [2.45, 2.75) is 13.3 Å². The van der Waals surface area contributed by atoms with Gasteiger partial charge < -0.3 is 10.4 Å². The van der Waals surface area contributed by atoms with Crippen LogP contribution in [-0.4, -0.2) is 23.5 Å². The van der Waals surface area contributed by atoms with Gasteiger partial charge in [-0.3, -0.25) is 9.59 Å². The smallest absolute Gasteiger partial charge is 0.315 e. The van der Waals surface area contributed by atoms with Crippen LogP contribution in [0.15, 0.2) is 0 Å². The summed E-state index contributed by atoms with van der Waals surface area (Å²) in [6.45, 7) is 1.65. The third-order valence-electron chi connectivity index (χ3n) is 1.33. The first-order valence-corrected chi connectivity index (χ1v) is 3.53. The minimum Gasteiger partial charge on any atom is -0.481 e. The van der Waals surface area contributed by atoms with E-state index in [0.29, 0.717) is 13.0 Å². The molecule has 0 saturated heterocycles. The maximum Gasteiger partial charge on any atom is 0.315 e. The molecule has 0 aliphatic carbocycles. The average Bonchev–Trinajstić information content (AvgIpc) is 2.03. The molecule has 0 bridgehead atoms. The molecule has 1 amide bonds. The topological polar surface area (TPSA) is 66.4 Å². The summed E-state index contributed by atoms with van der Waals surface area (Å²) in [7, 11) is 0. The molecule has 4 nitrogen and oxygen atoms in total. The van der Waals surface area contributed by atoms with E-state index < -0.39 is 17.8 Å². The van der Waals surface area contributed by atoms with Crippen LogP contribution in [-0.2, 0) is 9.59 Å². The van der Waals surface area contributed by atoms with E-state index in [-0.39, 0.29) is 0 Å². The highest BCUT2D eigenvalue weighted by Gasteiger charge is 2.19. The highest BCUT2D eigenvalue weighted by atomic mass is 16.4. The van der Waals surface area contributed by atoms with Gasteiger partial charge in [0.15, 0.2) is 0 Å². The molecule has 0 rings (SSSR count). The van der Waals surface area contributed by atoms with Gasteiger partial charge in [0.2, 0.25) is 5.91 Å². The van der Waals surface area contributed by atoms with Gasteiger partial charge in [-0.15, -0.1) is 12.3 Å². The lowest BCUT2D eigenvalue weighted by Crippen LogP contribution is -2.33. The summed E-state index contributed by atoms with van der Waals surface area (Å²) in [6, 6.07) is 0. The molecule has 1 unspecified atom stereocenters. The van der Waals surface area contributed by atoms with Crippen LogP contribution in [0.3, 0.4) is 0 Å². The second-order valence-electron chi connectivity index (χ2n) is 2.31. The number of carbonyl (C=O) groups excluding carboxylic acids is 1. The fourth-order valence-corrected chi connectivity index (χ4v) is 0.523. The summed E-state index contributed by atoms with van der Waals surface area (Å²) in [5, 5.41) is 10.8. The number of terminal acetylenes is 1. The average molecular weight is 169 g/mol. The van der Waals surface area contributed by atoms with Crippen LogP contribution >= 0.6 is 0 Å². The van der Waals surface area contributed by atoms with Crippen LogP contribution in [0.1, 0.15) is 13.3 Å². The molecule has 4 heteroatoms. The monoisotopic (exact) mass is 169 g/mol. The number of aliphatic carboxylic acids is 1. The third-order valence-corrected chi connectivity index (χ3v) is 1.33. The zero-order chi connectivity index (χ0) is 9.56. The van der Waals surface area contributed by atoms with Crippen molar-refractivity contribution in [3.05, 3.63) is 0 Å². The maximum atomic E-state index is 10.9. The quantitative estimate of drug-likeness (QED) is 0.349. The molecule has 0 heterocycles. The largest absolute Gasteiger partial charge is 0.481 e. The van der Waals surface area contributed by atoms with Gasteiger partial charge >= 0.3 is 5.97 Å². The second-order valence-corrected chi connectivity index (χ2v) is 2.31. The predicted molar refractivity (Wildman–Crippen MR) is 43.3 cm³/mol. The molecule has 0 fully saturated rings. The van der Waals surface area contributed by atoms with Crippen molar-refractivity contribution in [1.82, 2.24) is 5.32 Å². The number of hydrogen-bond donors (Lipinski definition) is 2. The summed E-state index contributed by atoms with van der Waals surface area (Å²) in [6.07, 6.45) is 5.35. The lowest BCUT2D eigenvalue weighted by Gasteiger charge is -2.05. The molecular weight excluding hydrogens is 158 g/mol. The Labute approximate surface area is 71.0 Å². The summed E-state index contributed by atoms with van der Waals surface area (Å²) in [5.41, 5.74) is 0. The van der Waals surface area contributed by atoms with Gasteiger partial charge in [0.1, 0.15) is 5.92 Å². The molecule has 0 aromatic carbocycles. The SMILES string of the molecule is C#CCCNC(=O)C(C)C(=O)O. The highest BCUT2D eigenvalue weighted by molar-refractivity contribution is 5.96. The predicted octanol–water partition coefficient (Wildman–Crippen LogP) is -0.153. The zero-order valence-electron chi connectivity index (χ0n) is 6.83. The normalized spacial score (nSPS) is 11.3. The number of rotatable bonds is 4. The Balaban J connectivity index is 3.74. The van der Waals surface area contributed by atoms with E-state index in [2.05, 4.69) is 11.2 Å². The molecule has 1 atom stereocenters. The van der Waals surface area contributed by atoms with Crippen LogP contribution in [0.4, 0.5) is 0 Å². The standard InChI is InChI=1S/C8H11NO3/c1-3-4-5-9-7(10)6(2)8(11)12/h1,6H,4-5H2,2H3,(H,9,10)(H,11,12). The van der Waals surface area contributed by atoms with Crippen LogP contribution in [0.25, 0.3) is 0 Å². The molecule has 0 aromatic heterocycles. The Morgan fingerprint density at radius 1 is 1.67 bits per heavy atom. The van der Waals surface area contributed by atoms with Gasteiger partial charge in [-0.25, -0.2) is 0 Å². The van der Waals surface area contributed by atoms with E-state index in [0.717, 1.165) is 0 Å². The van der Waals surface area contributed by atoms with Crippen LogP contribution in [0.2, 0.25) is 0 Å². The van der Waals surface area contributed by atoms with Gasteiger partial charge in [0.05, 0.1) is 0 Å². The fraction of sp³-hybridized carbons (Fsp3) is 0.500. The summed E-state index contributed by atoms with van der Waals surface area (Å²) >= 11 is 0. The van der Waals surface area contributed by atoms with Crippen LogP contribution in [0, 0.1) is 18.3 Å². The molecule has 2 N–H and O–H groups in total. The van der Waals surface area contributed by atoms with Crippen molar-refractivity contribution in [3.8, 4) is 12.3 Å². The third kappa shape index (κ3) is 3.62. The van der Waals surface area contributed by atoms with Gasteiger partial charge in [-0.1, -0.05) is 0 Å². The van der Waals surface area contributed by atoms with Crippen molar-refractivity contribution in [1.29, 1.82) is 0 Å². The Hall–Kier alpha value is -1.50. The Kier molecular flexibility index (Phi) is 4.54. The first kappa shape index (κ1) is 10.5. The summed E-state index contributed by atoms with van der Waals surface area (Å²) in [4.78, 5) is 21.2. The molecule has 0 spiro atoms. The van der Waals surface area contributed by atoms with Gasteiger partial charge in [-0.05, 0) is 6.92 Å². The van der Waals surface area contributed by atoms with E-state index in [1.165, 1.54) is 6.92 Å². The Bertz CT molecular complexity index is 217. The van der Waals surface area contributed by atoms with E-state index in [1.807, 2.05) is 0 Å². The van der Waals surface area contributed by atoms with Crippen LogP contribution in [0.5, 0.6) is 0 Å². The van der Waals surface area contributed by atoms with Gasteiger partial charge in [0.25, 0.3) is 0 Å². The minimum atomic E-state index is -1.13. The number of nitrogens with one attached hydrogen (secondary N) is 1. The first-order valence-electron chi connectivity index (χ1n) is 3.53. The molecule has 0 aromatic rings. The van der Waals surface area contributed by atoms with Crippen molar-refractivity contribution in [3.63, 3.8) is 0 Å². The number of hydrogen-bond acceptors (Lipinski definition) is 2. The Morgan fingerprint density at radius 2 is 2.25 bits per heavy atom. The zero-order valence-corrected chi connectivity index (χ0v) is 6.83. The molecule has 0 radical (unpaired) electrons. The summed E-state index contributed by atoms with van der Waals surface area (Å²) in [5.74, 6) is -0.316. The van der Waals surface area contributed by atoms with E-state index >= 15 is 0 Å². The van der Waals surface area contributed by atoms with Crippen molar-refractivity contribution < 1.29 is 14.7 Å². The molecule has 0 aliphatic heterocycles. The van der Waals surface area contributed by atoms with Crippen molar-refractivity contribution in [2.75, 3.05) is 6.54 Å². The van der Waals surface area contributed by atoms with E-state index in [9.17, 15) is 9.59 Å². The van der Waals surface area contributed by atoms with E-state index in [1.54, 1.807) is 0 Å². The second kappa shape index (κ2) is 5.19. The van der Waals surface area contributed by atoms with Crippen molar-refractivity contribution >= 4 is 11.9 Å². The fourth-order valence-electron chi connectivity index (χ4n) is 0.523. The lowest BCUT2D eigenvalue weighted by molar-refractivity contribution is -0.146. The van der Waals surface area contributed by atoms with Crippen molar-refractivity contribution in [2.24, 2.45) is 5.92 Å². The van der Waals surface area contributed by atoms with E-state index in [4.69, 9.17) is 11.5 Å². The van der Waals surface area contributed by atoms with Crippen LogP contribution < -0.4 is 5.32 Å². The molecule has 0 saturated carbocycles. The molecule has 66 valence electrons. The molecular formula is C8H11NO3.